The van der Waals surface area contributed by atoms with Gasteiger partial charge in [-0.05, 0) is 33.3 Å². The molecule has 6 nitrogen and oxygen atoms in total. The van der Waals surface area contributed by atoms with Gasteiger partial charge in [0.05, 0.1) is 19.8 Å². The molecule has 0 aliphatic heterocycles. The van der Waals surface area contributed by atoms with Crippen molar-refractivity contribution in [2.45, 2.75) is 45.4 Å². The molecule has 0 fully saturated rings. The summed E-state index contributed by atoms with van der Waals surface area (Å²) < 4.78 is 10.6. The number of hydrogen-bond donors (Lipinski definition) is 2. The standard InChI is InChI=1S/C17H25NO5/c1-16(2,3)23-14(19)10-18-17(4,15(20)21)12-22-11-13-8-6-5-7-9-13/h5-9,18H,10-12H2,1-4H3,(H,20,21). The van der Waals surface area contributed by atoms with Crippen LogP contribution in [0.3, 0.4) is 0 Å². The number of nitrogens with one attached hydrogen (secondary N) is 1. The number of carbonyl (C=O) groups is 2. The monoisotopic (exact) mass is 323 g/mol. The van der Waals surface area contributed by atoms with Crippen LogP contribution in [0, 0.1) is 0 Å². The molecule has 128 valence electrons. The van der Waals surface area contributed by atoms with E-state index < -0.39 is 23.1 Å². The van der Waals surface area contributed by atoms with E-state index in [4.69, 9.17) is 9.47 Å². The minimum atomic E-state index is -1.37. The number of benzene rings is 1. The van der Waals surface area contributed by atoms with E-state index in [1.165, 1.54) is 6.92 Å². The smallest absolute Gasteiger partial charge is 0.326 e. The minimum Gasteiger partial charge on any atom is -0.480 e. The average molecular weight is 323 g/mol. The third-order valence-corrected chi connectivity index (χ3v) is 3.02. The molecule has 0 aliphatic rings. The van der Waals surface area contributed by atoms with Gasteiger partial charge in [0.1, 0.15) is 11.1 Å². The highest BCUT2D eigenvalue weighted by Crippen LogP contribution is 2.10. The van der Waals surface area contributed by atoms with Crippen LogP contribution in [-0.4, -0.2) is 41.3 Å². The molecule has 0 saturated carbocycles. The zero-order chi connectivity index (χ0) is 17.5. The predicted molar refractivity (Wildman–Crippen MR) is 86.0 cm³/mol. The van der Waals surface area contributed by atoms with Crippen LogP contribution in [0.1, 0.15) is 33.3 Å². The van der Waals surface area contributed by atoms with E-state index in [2.05, 4.69) is 5.32 Å². The zero-order valence-corrected chi connectivity index (χ0v) is 14.1. The van der Waals surface area contributed by atoms with Gasteiger partial charge in [0.15, 0.2) is 0 Å². The summed E-state index contributed by atoms with van der Waals surface area (Å²) in [5.74, 6) is -1.60. The fraction of sp³-hybridized carbons (Fsp3) is 0.529. The van der Waals surface area contributed by atoms with Crippen molar-refractivity contribution in [3.8, 4) is 0 Å². The van der Waals surface area contributed by atoms with Crippen LogP contribution < -0.4 is 5.32 Å². The lowest BCUT2D eigenvalue weighted by molar-refractivity contribution is -0.155. The molecule has 1 rings (SSSR count). The van der Waals surface area contributed by atoms with Gasteiger partial charge in [0.25, 0.3) is 0 Å². The Morgan fingerprint density at radius 3 is 2.26 bits per heavy atom. The number of esters is 1. The van der Waals surface area contributed by atoms with Crippen LogP contribution >= 0.6 is 0 Å². The number of hydrogen-bond acceptors (Lipinski definition) is 5. The van der Waals surface area contributed by atoms with E-state index in [1.807, 2.05) is 30.3 Å². The van der Waals surface area contributed by atoms with Gasteiger partial charge in [-0.2, -0.15) is 0 Å². The highest BCUT2D eigenvalue weighted by atomic mass is 16.6. The van der Waals surface area contributed by atoms with E-state index >= 15 is 0 Å². The second-order valence-electron chi connectivity index (χ2n) is 6.56. The molecule has 0 aliphatic carbocycles. The molecule has 1 atom stereocenters. The molecular weight excluding hydrogens is 298 g/mol. The second-order valence-corrected chi connectivity index (χ2v) is 6.56. The van der Waals surface area contributed by atoms with Crippen molar-refractivity contribution in [1.82, 2.24) is 5.32 Å². The fourth-order valence-electron chi connectivity index (χ4n) is 1.78. The Kier molecular flexibility index (Phi) is 6.72. The van der Waals surface area contributed by atoms with Crippen molar-refractivity contribution in [1.29, 1.82) is 0 Å². The molecule has 0 amide bonds. The number of carbonyl (C=O) groups excluding carboxylic acids is 1. The molecule has 1 unspecified atom stereocenters. The van der Waals surface area contributed by atoms with E-state index in [1.54, 1.807) is 20.8 Å². The Labute approximate surface area is 136 Å². The van der Waals surface area contributed by atoms with Crippen LogP contribution in [0.2, 0.25) is 0 Å². The Hall–Kier alpha value is -1.92. The maximum Gasteiger partial charge on any atom is 0.326 e. The van der Waals surface area contributed by atoms with Crippen LogP contribution in [0.4, 0.5) is 0 Å². The lowest BCUT2D eigenvalue weighted by Gasteiger charge is -2.27. The summed E-state index contributed by atoms with van der Waals surface area (Å²) >= 11 is 0. The van der Waals surface area contributed by atoms with Crippen LogP contribution in [0.15, 0.2) is 30.3 Å². The minimum absolute atomic E-state index is 0.0694. The summed E-state index contributed by atoms with van der Waals surface area (Å²) in [6.07, 6.45) is 0. The van der Waals surface area contributed by atoms with Gasteiger partial charge < -0.3 is 14.6 Å². The fourth-order valence-corrected chi connectivity index (χ4v) is 1.78. The number of rotatable bonds is 8. The highest BCUT2D eigenvalue weighted by Gasteiger charge is 2.34. The van der Waals surface area contributed by atoms with Crippen molar-refractivity contribution >= 4 is 11.9 Å². The summed E-state index contributed by atoms with van der Waals surface area (Å²) in [7, 11) is 0. The first-order valence-corrected chi connectivity index (χ1v) is 7.44. The first-order valence-electron chi connectivity index (χ1n) is 7.44. The molecule has 0 spiro atoms. The van der Waals surface area contributed by atoms with Crippen LogP contribution in [0.5, 0.6) is 0 Å². The van der Waals surface area contributed by atoms with Crippen molar-refractivity contribution in [2.24, 2.45) is 0 Å². The Morgan fingerprint density at radius 2 is 1.74 bits per heavy atom. The molecule has 0 saturated heterocycles. The first-order chi connectivity index (χ1) is 10.6. The molecular formula is C17H25NO5. The molecule has 1 aromatic carbocycles. The maximum absolute atomic E-state index is 11.7. The quantitative estimate of drug-likeness (QED) is 0.712. The predicted octanol–water partition coefficient (Wildman–Crippen LogP) is 1.98. The molecule has 1 aromatic rings. The number of carboxylic acids is 1. The van der Waals surface area contributed by atoms with Crippen molar-refractivity contribution in [3.63, 3.8) is 0 Å². The average Bonchev–Trinajstić information content (AvgIpc) is 2.44. The molecule has 0 bridgehead atoms. The molecule has 0 aromatic heterocycles. The normalized spacial score (nSPS) is 14.1. The molecule has 2 N–H and O–H groups in total. The third kappa shape index (κ3) is 7.25. The lowest BCUT2D eigenvalue weighted by Crippen LogP contribution is -2.55. The molecule has 23 heavy (non-hydrogen) atoms. The van der Waals surface area contributed by atoms with E-state index in [9.17, 15) is 14.7 Å². The summed E-state index contributed by atoms with van der Waals surface area (Å²) in [5, 5.41) is 12.1. The Balaban J connectivity index is 2.51. The Morgan fingerprint density at radius 1 is 1.13 bits per heavy atom. The molecule has 6 heteroatoms. The molecule has 0 radical (unpaired) electrons. The lowest BCUT2D eigenvalue weighted by atomic mass is 10.0. The SMILES string of the molecule is CC(C)(C)OC(=O)CNC(C)(COCc1ccccc1)C(=O)O. The van der Waals surface area contributed by atoms with Crippen LogP contribution in [0.25, 0.3) is 0 Å². The van der Waals surface area contributed by atoms with Crippen molar-refractivity contribution < 1.29 is 24.2 Å². The van der Waals surface area contributed by atoms with Gasteiger partial charge in [-0.3, -0.25) is 14.9 Å². The topological polar surface area (TPSA) is 84.9 Å². The molecule has 0 heterocycles. The third-order valence-electron chi connectivity index (χ3n) is 3.02. The Bertz CT molecular complexity index is 524. The summed E-state index contributed by atoms with van der Waals surface area (Å²) in [6, 6.07) is 9.46. The van der Waals surface area contributed by atoms with E-state index in [0.717, 1.165) is 5.56 Å². The number of aliphatic carboxylic acids is 1. The summed E-state index contributed by atoms with van der Waals surface area (Å²) in [5.41, 5.74) is -1.03. The van der Waals surface area contributed by atoms with Crippen molar-refractivity contribution in [2.75, 3.05) is 13.2 Å². The van der Waals surface area contributed by atoms with Gasteiger partial charge in [0.2, 0.25) is 0 Å². The van der Waals surface area contributed by atoms with Gasteiger partial charge >= 0.3 is 11.9 Å². The van der Waals surface area contributed by atoms with Crippen molar-refractivity contribution in [3.05, 3.63) is 35.9 Å². The zero-order valence-electron chi connectivity index (χ0n) is 14.1. The summed E-state index contributed by atoms with van der Waals surface area (Å²) in [4.78, 5) is 23.2. The van der Waals surface area contributed by atoms with Gasteiger partial charge in [-0.25, -0.2) is 0 Å². The maximum atomic E-state index is 11.7. The summed E-state index contributed by atoms with van der Waals surface area (Å²) in [6.45, 7) is 6.77. The van der Waals surface area contributed by atoms with Gasteiger partial charge in [-0.1, -0.05) is 30.3 Å². The second kappa shape index (κ2) is 8.08. The van der Waals surface area contributed by atoms with E-state index in [0.29, 0.717) is 6.61 Å². The van der Waals surface area contributed by atoms with Gasteiger partial charge in [0, 0.05) is 0 Å². The largest absolute Gasteiger partial charge is 0.480 e. The highest BCUT2D eigenvalue weighted by molar-refractivity contribution is 5.80. The van der Waals surface area contributed by atoms with E-state index in [-0.39, 0.29) is 13.2 Å². The van der Waals surface area contributed by atoms with Crippen LogP contribution in [-0.2, 0) is 25.7 Å². The number of carboxylic acid groups (broad SMARTS) is 1. The van der Waals surface area contributed by atoms with Gasteiger partial charge in [-0.15, -0.1) is 0 Å². The number of ether oxygens (including phenoxy) is 2. The first kappa shape index (κ1) is 19.1.